The van der Waals surface area contributed by atoms with E-state index in [0.29, 0.717) is 36.3 Å². The number of anilines is 2. The zero-order valence-corrected chi connectivity index (χ0v) is 20.0. The fraction of sp³-hybridized carbons (Fsp3) is 0.375. The van der Waals surface area contributed by atoms with Gasteiger partial charge in [0.05, 0.1) is 4.90 Å². The molecule has 1 unspecified atom stereocenters. The highest BCUT2D eigenvalue weighted by atomic mass is 32.2. The minimum Gasteiger partial charge on any atom is -0.325 e. The molecule has 8 nitrogen and oxygen atoms in total. The van der Waals surface area contributed by atoms with E-state index in [9.17, 15) is 22.8 Å². The van der Waals surface area contributed by atoms with Crippen molar-refractivity contribution in [3.05, 3.63) is 53.6 Å². The summed E-state index contributed by atoms with van der Waals surface area (Å²) >= 11 is 0. The molecule has 33 heavy (non-hydrogen) atoms. The van der Waals surface area contributed by atoms with Crippen molar-refractivity contribution in [2.75, 3.05) is 16.8 Å². The Morgan fingerprint density at radius 3 is 2.42 bits per heavy atom. The number of ketones is 1. The lowest BCUT2D eigenvalue weighted by Gasteiger charge is -2.21. The third kappa shape index (κ3) is 5.85. The van der Waals surface area contributed by atoms with Crippen molar-refractivity contribution >= 4 is 39.0 Å². The normalized spacial score (nSPS) is 14.2. The summed E-state index contributed by atoms with van der Waals surface area (Å²) in [6, 6.07) is 10.1. The fourth-order valence-corrected chi connectivity index (χ4v) is 5.11. The minimum absolute atomic E-state index is 0.0479. The molecule has 0 radical (unpaired) electrons. The first-order valence-corrected chi connectivity index (χ1v) is 12.3. The highest BCUT2D eigenvalue weighted by Crippen LogP contribution is 2.30. The number of nitrogens with zero attached hydrogens (tertiary/aromatic N) is 1. The summed E-state index contributed by atoms with van der Waals surface area (Å²) in [5.74, 6) is -0.677. The lowest BCUT2D eigenvalue weighted by Crippen LogP contribution is -2.44. The van der Waals surface area contributed by atoms with Gasteiger partial charge in [0.1, 0.15) is 6.04 Å². The number of benzene rings is 2. The van der Waals surface area contributed by atoms with E-state index in [1.807, 2.05) is 13.8 Å². The van der Waals surface area contributed by atoms with Crippen LogP contribution in [0.1, 0.15) is 50.0 Å². The van der Waals surface area contributed by atoms with Crippen molar-refractivity contribution in [3.63, 3.8) is 0 Å². The van der Waals surface area contributed by atoms with Crippen molar-refractivity contribution in [3.8, 4) is 0 Å². The van der Waals surface area contributed by atoms with E-state index < -0.39 is 22.0 Å². The molecule has 0 fully saturated rings. The van der Waals surface area contributed by atoms with Crippen LogP contribution in [0, 0.1) is 5.92 Å². The van der Waals surface area contributed by atoms with Gasteiger partial charge >= 0.3 is 0 Å². The van der Waals surface area contributed by atoms with Gasteiger partial charge in [-0.25, -0.2) is 8.42 Å². The van der Waals surface area contributed by atoms with Crippen molar-refractivity contribution < 1.29 is 22.8 Å². The Bertz CT molecular complexity index is 1190. The zero-order valence-electron chi connectivity index (χ0n) is 19.2. The first-order valence-electron chi connectivity index (χ1n) is 10.8. The summed E-state index contributed by atoms with van der Waals surface area (Å²) < 4.78 is 28.8. The first-order chi connectivity index (χ1) is 15.5. The van der Waals surface area contributed by atoms with Crippen LogP contribution in [0.3, 0.4) is 0 Å². The molecule has 176 valence electrons. The molecule has 0 saturated carbocycles. The van der Waals surface area contributed by atoms with E-state index in [-0.39, 0.29) is 22.5 Å². The third-order valence-electron chi connectivity index (χ3n) is 5.49. The maximum absolute atomic E-state index is 13.1. The summed E-state index contributed by atoms with van der Waals surface area (Å²) in [5.41, 5.74) is 2.36. The molecule has 9 heteroatoms. The molecule has 1 atom stereocenters. The van der Waals surface area contributed by atoms with Crippen molar-refractivity contribution in [1.82, 2.24) is 4.72 Å². The lowest BCUT2D eigenvalue weighted by molar-refractivity contribution is -0.118. The van der Waals surface area contributed by atoms with E-state index in [1.54, 1.807) is 41.3 Å². The molecular weight excluding hydrogens is 442 g/mol. The van der Waals surface area contributed by atoms with Gasteiger partial charge in [0.25, 0.3) is 0 Å². The standard InChI is InChI=1S/C24H29N3O5S/c1-15(2)12-22(24(30)25-20-7-5-6-18(13-20)16(3)28)26-33(31,32)21-8-9-23-19(14-21)10-11-27(23)17(4)29/h5-9,13-15,22,26H,10-12H2,1-4H3,(H,25,30). The van der Waals surface area contributed by atoms with Crippen LogP contribution < -0.4 is 14.9 Å². The number of fused-ring (bicyclic) bond motifs is 1. The van der Waals surface area contributed by atoms with Gasteiger partial charge in [0.2, 0.25) is 21.8 Å². The highest BCUT2D eigenvalue weighted by molar-refractivity contribution is 7.89. The molecular formula is C24H29N3O5S. The third-order valence-corrected chi connectivity index (χ3v) is 6.96. The van der Waals surface area contributed by atoms with Crippen molar-refractivity contribution in [2.24, 2.45) is 5.92 Å². The van der Waals surface area contributed by atoms with Gasteiger partial charge in [-0.2, -0.15) is 4.72 Å². The van der Waals surface area contributed by atoms with Crippen molar-refractivity contribution in [2.45, 2.75) is 51.5 Å². The Morgan fingerprint density at radius 2 is 1.79 bits per heavy atom. The second kappa shape index (κ2) is 9.84. The molecule has 2 N–H and O–H groups in total. The fourth-order valence-electron chi connectivity index (χ4n) is 3.85. The monoisotopic (exact) mass is 471 g/mol. The maximum Gasteiger partial charge on any atom is 0.242 e. The quantitative estimate of drug-likeness (QED) is 0.575. The number of hydrogen-bond donors (Lipinski definition) is 2. The van der Waals surface area contributed by atoms with E-state index in [2.05, 4.69) is 10.0 Å². The average molecular weight is 472 g/mol. The van der Waals surface area contributed by atoms with Gasteiger partial charge in [-0.05, 0) is 61.6 Å². The van der Waals surface area contributed by atoms with Crippen LogP contribution in [0.25, 0.3) is 0 Å². The number of Topliss-reactive ketones (excluding diaryl/α,β-unsaturated/α-hetero) is 1. The maximum atomic E-state index is 13.1. The summed E-state index contributed by atoms with van der Waals surface area (Å²) in [6.45, 7) is 7.22. The molecule has 0 aliphatic carbocycles. The van der Waals surface area contributed by atoms with E-state index in [4.69, 9.17) is 0 Å². The van der Waals surface area contributed by atoms with Crippen LogP contribution in [0.4, 0.5) is 11.4 Å². The molecule has 3 rings (SSSR count). The van der Waals surface area contributed by atoms with Gasteiger partial charge in [0, 0.05) is 30.4 Å². The number of amides is 2. The smallest absolute Gasteiger partial charge is 0.242 e. The number of carbonyl (C=O) groups excluding carboxylic acids is 3. The molecule has 2 amide bonds. The molecule has 0 aromatic heterocycles. The first kappa shape index (κ1) is 24.6. The summed E-state index contributed by atoms with van der Waals surface area (Å²) in [4.78, 5) is 38.0. The second-order valence-corrected chi connectivity index (χ2v) is 10.4. The molecule has 0 bridgehead atoms. The zero-order chi connectivity index (χ0) is 24.3. The molecule has 1 aliphatic heterocycles. The van der Waals surface area contributed by atoms with Crippen LogP contribution in [-0.4, -0.2) is 38.6 Å². The number of sulfonamides is 1. The van der Waals surface area contributed by atoms with Gasteiger partial charge in [-0.1, -0.05) is 26.0 Å². The predicted octanol–water partition coefficient (Wildman–Crippen LogP) is 3.13. The molecule has 1 aliphatic rings. The van der Waals surface area contributed by atoms with Gasteiger partial charge in [-0.15, -0.1) is 0 Å². The van der Waals surface area contributed by atoms with Gasteiger partial charge < -0.3 is 10.2 Å². The minimum atomic E-state index is -3.99. The van der Waals surface area contributed by atoms with Crippen LogP contribution in [0.5, 0.6) is 0 Å². The lowest BCUT2D eigenvalue weighted by atomic mass is 10.0. The molecule has 2 aromatic rings. The summed E-state index contributed by atoms with van der Waals surface area (Å²) in [5, 5.41) is 2.71. The SMILES string of the molecule is CC(=O)c1cccc(NC(=O)C(CC(C)C)NS(=O)(=O)c2ccc3c(c2)CCN3C(C)=O)c1. The van der Waals surface area contributed by atoms with Gasteiger partial charge in [-0.3, -0.25) is 14.4 Å². The Kier molecular flexibility index (Phi) is 7.34. The van der Waals surface area contributed by atoms with Crippen molar-refractivity contribution in [1.29, 1.82) is 0 Å². The van der Waals surface area contributed by atoms with E-state index in [1.165, 1.54) is 19.9 Å². The second-order valence-electron chi connectivity index (χ2n) is 8.64. The topological polar surface area (TPSA) is 113 Å². The number of hydrogen-bond acceptors (Lipinski definition) is 5. The molecule has 1 heterocycles. The summed E-state index contributed by atoms with van der Waals surface area (Å²) in [7, 11) is -3.99. The Labute approximate surface area is 194 Å². The molecule has 2 aromatic carbocycles. The van der Waals surface area contributed by atoms with Crippen LogP contribution >= 0.6 is 0 Å². The number of rotatable bonds is 8. The highest BCUT2D eigenvalue weighted by Gasteiger charge is 2.29. The van der Waals surface area contributed by atoms with E-state index in [0.717, 1.165) is 5.56 Å². The van der Waals surface area contributed by atoms with E-state index >= 15 is 0 Å². The Hall–Kier alpha value is -3.04. The van der Waals surface area contributed by atoms with Crippen LogP contribution in [0.15, 0.2) is 47.4 Å². The predicted molar refractivity (Wildman–Crippen MR) is 127 cm³/mol. The number of carbonyl (C=O) groups is 3. The largest absolute Gasteiger partial charge is 0.325 e. The number of nitrogens with one attached hydrogen (secondary N) is 2. The van der Waals surface area contributed by atoms with Crippen LogP contribution in [-0.2, 0) is 26.0 Å². The summed E-state index contributed by atoms with van der Waals surface area (Å²) in [6.07, 6.45) is 0.862. The van der Waals surface area contributed by atoms with Crippen LogP contribution in [0.2, 0.25) is 0 Å². The Morgan fingerprint density at radius 1 is 1.06 bits per heavy atom. The molecule has 0 saturated heterocycles. The molecule has 0 spiro atoms. The Balaban J connectivity index is 1.82. The van der Waals surface area contributed by atoms with Gasteiger partial charge in [0.15, 0.2) is 5.78 Å². The average Bonchev–Trinajstić information content (AvgIpc) is 3.16.